The quantitative estimate of drug-likeness (QED) is 0.656. The van der Waals surface area contributed by atoms with Crippen LogP contribution in [0.15, 0.2) is 53.4 Å². The van der Waals surface area contributed by atoms with Gasteiger partial charge in [-0.2, -0.15) is 0 Å². The number of sulfonamides is 1. The van der Waals surface area contributed by atoms with Crippen LogP contribution in [0, 0.1) is 5.92 Å². The molecule has 0 aliphatic carbocycles. The lowest BCUT2D eigenvalue weighted by Gasteiger charge is -2.31. The molecule has 31 heavy (non-hydrogen) atoms. The molecule has 3 rings (SSSR count). The standard InChI is InChI=1S/C22H26N2O6S/c1-3-30-22(26)17-7-5-13-24(15-17)21(25)16-6-4-8-20(14-16)31(27,28)23-18-9-11-19(29-2)12-10-18/h4,6,8-12,14,17,23H,3,5,7,13,15H2,1-2H3/t17-/m1/s1. The molecule has 0 aromatic heterocycles. The number of carbonyl (C=O) groups is 2. The summed E-state index contributed by atoms with van der Waals surface area (Å²) < 4.78 is 38.2. The van der Waals surface area contributed by atoms with Gasteiger partial charge in [0.25, 0.3) is 15.9 Å². The summed E-state index contributed by atoms with van der Waals surface area (Å²) in [5.74, 6) is -0.366. The molecule has 9 heteroatoms. The van der Waals surface area contributed by atoms with Gasteiger partial charge in [-0.3, -0.25) is 14.3 Å². The molecule has 2 aromatic carbocycles. The Morgan fingerprint density at radius 1 is 1.16 bits per heavy atom. The normalized spacial score (nSPS) is 16.5. The van der Waals surface area contributed by atoms with E-state index in [4.69, 9.17) is 9.47 Å². The molecule has 0 radical (unpaired) electrons. The van der Waals surface area contributed by atoms with E-state index in [2.05, 4.69) is 4.72 Å². The van der Waals surface area contributed by atoms with Crippen LogP contribution in [-0.4, -0.2) is 52.0 Å². The second kappa shape index (κ2) is 9.82. The average molecular weight is 447 g/mol. The van der Waals surface area contributed by atoms with Crippen molar-refractivity contribution in [1.82, 2.24) is 4.90 Å². The maximum Gasteiger partial charge on any atom is 0.310 e. The van der Waals surface area contributed by atoms with Crippen LogP contribution in [0.2, 0.25) is 0 Å². The van der Waals surface area contributed by atoms with Crippen molar-refractivity contribution in [2.45, 2.75) is 24.7 Å². The van der Waals surface area contributed by atoms with E-state index in [0.29, 0.717) is 37.4 Å². The fourth-order valence-electron chi connectivity index (χ4n) is 3.47. The van der Waals surface area contributed by atoms with Gasteiger partial charge < -0.3 is 14.4 Å². The lowest BCUT2D eigenvalue weighted by atomic mass is 9.97. The van der Waals surface area contributed by atoms with E-state index in [-0.39, 0.29) is 34.8 Å². The Bertz CT molecular complexity index is 1040. The molecule has 1 N–H and O–H groups in total. The molecular weight excluding hydrogens is 420 g/mol. The van der Waals surface area contributed by atoms with E-state index < -0.39 is 10.0 Å². The summed E-state index contributed by atoms with van der Waals surface area (Å²) in [6.07, 6.45) is 1.36. The third kappa shape index (κ3) is 5.55. The fraction of sp³-hybridized carbons (Fsp3) is 0.364. The van der Waals surface area contributed by atoms with Crippen LogP contribution in [0.4, 0.5) is 5.69 Å². The van der Waals surface area contributed by atoms with Gasteiger partial charge in [0.15, 0.2) is 0 Å². The Hall–Kier alpha value is -3.07. The summed E-state index contributed by atoms with van der Waals surface area (Å²) in [7, 11) is -2.36. The summed E-state index contributed by atoms with van der Waals surface area (Å²) in [4.78, 5) is 26.6. The Balaban J connectivity index is 1.75. The molecule has 2 aromatic rings. The highest BCUT2D eigenvalue weighted by Gasteiger charge is 2.30. The fourth-order valence-corrected chi connectivity index (χ4v) is 4.57. The predicted octanol–water partition coefficient (Wildman–Crippen LogP) is 2.91. The number of benzene rings is 2. The summed E-state index contributed by atoms with van der Waals surface area (Å²) >= 11 is 0. The minimum atomic E-state index is -3.89. The summed E-state index contributed by atoms with van der Waals surface area (Å²) in [5, 5.41) is 0. The maximum atomic E-state index is 13.0. The van der Waals surface area contributed by atoms with Crippen LogP contribution in [0.3, 0.4) is 0 Å². The molecular formula is C22H26N2O6S. The van der Waals surface area contributed by atoms with Gasteiger partial charge in [-0.25, -0.2) is 8.42 Å². The van der Waals surface area contributed by atoms with E-state index in [0.717, 1.165) is 0 Å². The number of amides is 1. The molecule has 1 heterocycles. The van der Waals surface area contributed by atoms with E-state index in [1.165, 1.54) is 25.3 Å². The second-order valence-corrected chi connectivity index (χ2v) is 8.89. The monoisotopic (exact) mass is 446 g/mol. The number of esters is 1. The third-order valence-electron chi connectivity index (χ3n) is 5.06. The number of rotatable bonds is 7. The first-order valence-electron chi connectivity index (χ1n) is 10.1. The Morgan fingerprint density at radius 2 is 1.90 bits per heavy atom. The Morgan fingerprint density at radius 3 is 2.58 bits per heavy atom. The first-order valence-corrected chi connectivity index (χ1v) is 11.5. The van der Waals surface area contributed by atoms with Gasteiger partial charge in [0.1, 0.15) is 5.75 Å². The van der Waals surface area contributed by atoms with Crippen LogP contribution in [0.25, 0.3) is 0 Å². The first kappa shape index (κ1) is 22.6. The molecule has 1 fully saturated rings. The van der Waals surface area contributed by atoms with Crippen molar-refractivity contribution < 1.29 is 27.5 Å². The number of hydrogen-bond acceptors (Lipinski definition) is 6. The molecule has 1 amide bonds. The highest BCUT2D eigenvalue weighted by Crippen LogP contribution is 2.23. The van der Waals surface area contributed by atoms with Gasteiger partial charge in [-0.05, 0) is 62.2 Å². The molecule has 1 aliphatic heterocycles. The molecule has 0 spiro atoms. The zero-order valence-electron chi connectivity index (χ0n) is 17.5. The van der Waals surface area contributed by atoms with E-state index in [1.54, 1.807) is 42.2 Å². The van der Waals surface area contributed by atoms with Crippen molar-refractivity contribution >= 4 is 27.6 Å². The van der Waals surface area contributed by atoms with Gasteiger partial charge in [0.2, 0.25) is 0 Å². The summed E-state index contributed by atoms with van der Waals surface area (Å²) in [6, 6.07) is 12.4. The van der Waals surface area contributed by atoms with Crippen LogP contribution >= 0.6 is 0 Å². The molecule has 0 unspecified atom stereocenters. The molecule has 166 valence electrons. The Kier molecular flexibility index (Phi) is 7.17. The van der Waals surface area contributed by atoms with Crippen molar-refractivity contribution in [3.8, 4) is 5.75 Å². The van der Waals surface area contributed by atoms with E-state index in [1.807, 2.05) is 0 Å². The summed E-state index contributed by atoms with van der Waals surface area (Å²) in [5.41, 5.74) is 0.632. The minimum absolute atomic E-state index is 0.0203. The molecule has 1 atom stereocenters. The van der Waals surface area contributed by atoms with E-state index >= 15 is 0 Å². The second-order valence-electron chi connectivity index (χ2n) is 7.20. The molecule has 1 aliphatic rings. The van der Waals surface area contributed by atoms with Crippen molar-refractivity contribution in [2.75, 3.05) is 31.5 Å². The van der Waals surface area contributed by atoms with Gasteiger partial charge in [0.05, 0.1) is 24.5 Å². The predicted molar refractivity (Wildman–Crippen MR) is 116 cm³/mol. The van der Waals surface area contributed by atoms with Gasteiger partial charge in [-0.1, -0.05) is 6.07 Å². The number of ether oxygens (including phenoxy) is 2. The number of nitrogens with zero attached hydrogens (tertiary/aromatic N) is 1. The number of nitrogens with one attached hydrogen (secondary N) is 1. The third-order valence-corrected chi connectivity index (χ3v) is 6.44. The van der Waals surface area contributed by atoms with E-state index in [9.17, 15) is 18.0 Å². The number of piperidine rings is 1. The number of likely N-dealkylation sites (tertiary alicyclic amines) is 1. The topological polar surface area (TPSA) is 102 Å². The number of hydrogen-bond donors (Lipinski definition) is 1. The largest absolute Gasteiger partial charge is 0.497 e. The van der Waals surface area contributed by atoms with Crippen molar-refractivity contribution in [1.29, 1.82) is 0 Å². The lowest BCUT2D eigenvalue weighted by molar-refractivity contribution is -0.149. The van der Waals surface area contributed by atoms with Crippen LogP contribution in [0.5, 0.6) is 5.75 Å². The molecule has 0 saturated carbocycles. The summed E-state index contributed by atoms with van der Waals surface area (Å²) in [6.45, 7) is 2.81. The smallest absolute Gasteiger partial charge is 0.310 e. The van der Waals surface area contributed by atoms with Gasteiger partial charge in [0, 0.05) is 24.3 Å². The Labute approximate surface area is 182 Å². The average Bonchev–Trinajstić information content (AvgIpc) is 2.79. The van der Waals surface area contributed by atoms with Crippen LogP contribution < -0.4 is 9.46 Å². The van der Waals surface area contributed by atoms with Crippen molar-refractivity contribution in [3.63, 3.8) is 0 Å². The van der Waals surface area contributed by atoms with Crippen molar-refractivity contribution in [2.24, 2.45) is 5.92 Å². The van der Waals surface area contributed by atoms with Crippen molar-refractivity contribution in [3.05, 3.63) is 54.1 Å². The number of methoxy groups -OCH3 is 1. The zero-order chi connectivity index (χ0) is 22.4. The number of anilines is 1. The number of carbonyl (C=O) groups excluding carboxylic acids is 2. The van der Waals surface area contributed by atoms with Gasteiger partial charge in [-0.15, -0.1) is 0 Å². The molecule has 8 nitrogen and oxygen atoms in total. The molecule has 1 saturated heterocycles. The highest BCUT2D eigenvalue weighted by atomic mass is 32.2. The molecule has 0 bridgehead atoms. The first-order chi connectivity index (χ1) is 14.8. The van der Waals surface area contributed by atoms with Crippen LogP contribution in [0.1, 0.15) is 30.1 Å². The maximum absolute atomic E-state index is 13.0. The highest BCUT2D eigenvalue weighted by molar-refractivity contribution is 7.92. The SMILES string of the molecule is CCOC(=O)[C@@H]1CCCN(C(=O)c2cccc(S(=O)(=O)Nc3ccc(OC)cc3)c2)C1. The lowest BCUT2D eigenvalue weighted by Crippen LogP contribution is -2.42. The van der Waals surface area contributed by atoms with Crippen LogP contribution in [-0.2, 0) is 19.6 Å². The minimum Gasteiger partial charge on any atom is -0.497 e. The zero-order valence-corrected chi connectivity index (χ0v) is 18.4. The van der Waals surface area contributed by atoms with Gasteiger partial charge >= 0.3 is 5.97 Å².